The molecule has 0 aliphatic carbocycles. The first-order chi connectivity index (χ1) is 9.66. The zero-order valence-electron chi connectivity index (χ0n) is 10.1. The lowest BCUT2D eigenvalue weighted by Crippen LogP contribution is -2.27. The van der Waals surface area contributed by atoms with Crippen molar-refractivity contribution < 1.29 is 9.90 Å². The standard InChI is InChI=1S/C13H9N3O2S2/c14-12-16(13-15-5-6-19-13)11(18)10(20-12)7-8-3-1-2-4-9(8)17/h1-7,14,17H/b10-7-,14-12?. The third-order valence-electron chi connectivity index (χ3n) is 2.66. The van der Waals surface area contributed by atoms with E-state index in [1.165, 1.54) is 16.2 Å². The monoisotopic (exact) mass is 303 g/mol. The summed E-state index contributed by atoms with van der Waals surface area (Å²) >= 11 is 2.36. The maximum Gasteiger partial charge on any atom is 0.273 e. The Morgan fingerprint density at radius 3 is 2.85 bits per heavy atom. The van der Waals surface area contributed by atoms with Gasteiger partial charge in [-0.2, -0.15) is 0 Å². The summed E-state index contributed by atoms with van der Waals surface area (Å²) < 4.78 is 0. The number of carbonyl (C=O) groups excluding carboxylic acids is 1. The Morgan fingerprint density at radius 2 is 2.15 bits per heavy atom. The van der Waals surface area contributed by atoms with Crippen molar-refractivity contribution in [3.8, 4) is 5.75 Å². The molecule has 1 fully saturated rings. The van der Waals surface area contributed by atoms with Gasteiger partial charge in [-0.25, -0.2) is 9.88 Å². The lowest BCUT2D eigenvalue weighted by atomic mass is 10.2. The van der Waals surface area contributed by atoms with Gasteiger partial charge in [-0.1, -0.05) is 18.2 Å². The highest BCUT2D eigenvalue weighted by atomic mass is 32.2. The summed E-state index contributed by atoms with van der Waals surface area (Å²) in [5.41, 5.74) is 0.553. The van der Waals surface area contributed by atoms with E-state index in [9.17, 15) is 9.90 Å². The number of aromatic hydroxyl groups is 1. The van der Waals surface area contributed by atoms with E-state index >= 15 is 0 Å². The number of amides is 1. The first-order valence-corrected chi connectivity index (χ1v) is 7.36. The molecule has 0 bridgehead atoms. The number of nitrogens with zero attached hydrogens (tertiary/aromatic N) is 2. The summed E-state index contributed by atoms with van der Waals surface area (Å²) in [6, 6.07) is 6.76. The maximum absolute atomic E-state index is 12.3. The lowest BCUT2D eigenvalue weighted by Gasteiger charge is -2.08. The summed E-state index contributed by atoms with van der Waals surface area (Å²) in [5, 5.41) is 20.0. The van der Waals surface area contributed by atoms with Crippen LogP contribution in [0.4, 0.5) is 5.13 Å². The van der Waals surface area contributed by atoms with Crippen LogP contribution < -0.4 is 4.90 Å². The minimum atomic E-state index is -0.293. The van der Waals surface area contributed by atoms with Gasteiger partial charge in [0.2, 0.25) is 0 Å². The topological polar surface area (TPSA) is 77.3 Å². The number of aromatic nitrogens is 1. The van der Waals surface area contributed by atoms with Gasteiger partial charge in [0.05, 0.1) is 4.91 Å². The normalized spacial score (nSPS) is 17.2. The van der Waals surface area contributed by atoms with Gasteiger partial charge >= 0.3 is 0 Å². The number of hydrogen-bond donors (Lipinski definition) is 2. The number of phenolic OH excluding ortho intramolecular Hbond substituents is 1. The third-order valence-corrected chi connectivity index (χ3v) is 4.30. The van der Waals surface area contributed by atoms with E-state index in [0.717, 1.165) is 11.8 Å². The average molecular weight is 303 g/mol. The molecule has 0 unspecified atom stereocenters. The van der Waals surface area contributed by atoms with Crippen LogP contribution in [0.15, 0.2) is 40.7 Å². The Bertz CT molecular complexity index is 710. The maximum atomic E-state index is 12.3. The first-order valence-electron chi connectivity index (χ1n) is 5.67. The molecule has 5 nitrogen and oxygen atoms in total. The number of thiazole rings is 1. The number of rotatable bonds is 2. The molecule has 2 aromatic rings. The average Bonchev–Trinajstić information content (AvgIpc) is 3.02. The molecule has 20 heavy (non-hydrogen) atoms. The quantitative estimate of drug-likeness (QED) is 0.836. The van der Waals surface area contributed by atoms with Crippen molar-refractivity contribution in [3.05, 3.63) is 46.3 Å². The van der Waals surface area contributed by atoms with Gasteiger partial charge < -0.3 is 5.11 Å². The highest BCUT2D eigenvalue weighted by Crippen LogP contribution is 2.36. The lowest BCUT2D eigenvalue weighted by molar-refractivity contribution is -0.113. The van der Waals surface area contributed by atoms with Crippen molar-refractivity contribution in [1.29, 1.82) is 5.41 Å². The van der Waals surface area contributed by atoms with Crippen LogP contribution in [0.5, 0.6) is 5.75 Å². The van der Waals surface area contributed by atoms with Gasteiger partial charge in [0.15, 0.2) is 10.3 Å². The van der Waals surface area contributed by atoms with E-state index in [1.54, 1.807) is 41.9 Å². The number of hydrogen-bond acceptors (Lipinski definition) is 6. The highest BCUT2D eigenvalue weighted by molar-refractivity contribution is 8.19. The van der Waals surface area contributed by atoms with Crippen LogP contribution in [-0.4, -0.2) is 21.2 Å². The molecule has 7 heteroatoms. The fraction of sp³-hybridized carbons (Fsp3) is 0. The molecule has 2 N–H and O–H groups in total. The summed E-state index contributed by atoms with van der Waals surface area (Å²) in [6.07, 6.45) is 3.18. The number of nitrogens with one attached hydrogen (secondary N) is 1. The van der Waals surface area contributed by atoms with E-state index in [-0.39, 0.29) is 16.8 Å². The molecule has 0 saturated carbocycles. The molecule has 1 aromatic carbocycles. The van der Waals surface area contributed by atoms with Gasteiger partial charge in [0.1, 0.15) is 5.75 Å². The molecule has 1 saturated heterocycles. The van der Waals surface area contributed by atoms with Crippen molar-refractivity contribution >= 4 is 45.4 Å². The van der Waals surface area contributed by atoms with Crippen molar-refractivity contribution in [2.45, 2.75) is 0 Å². The zero-order chi connectivity index (χ0) is 14.1. The van der Waals surface area contributed by atoms with E-state index in [2.05, 4.69) is 4.98 Å². The number of amidine groups is 1. The molecule has 100 valence electrons. The van der Waals surface area contributed by atoms with E-state index in [4.69, 9.17) is 5.41 Å². The Labute approximate surface area is 123 Å². The fourth-order valence-electron chi connectivity index (χ4n) is 1.74. The first kappa shape index (κ1) is 12.9. The summed E-state index contributed by atoms with van der Waals surface area (Å²) in [7, 11) is 0. The third kappa shape index (κ3) is 2.21. The van der Waals surface area contributed by atoms with Gasteiger partial charge in [-0.05, 0) is 23.9 Å². The fourth-order valence-corrected chi connectivity index (χ4v) is 3.27. The number of carbonyl (C=O) groups is 1. The van der Waals surface area contributed by atoms with E-state index in [1.807, 2.05) is 0 Å². The second-order valence-electron chi connectivity index (χ2n) is 3.93. The van der Waals surface area contributed by atoms with Crippen LogP contribution in [0.25, 0.3) is 6.08 Å². The second-order valence-corrected chi connectivity index (χ2v) is 5.83. The zero-order valence-corrected chi connectivity index (χ0v) is 11.7. The van der Waals surface area contributed by atoms with Crippen molar-refractivity contribution in [3.63, 3.8) is 0 Å². The second kappa shape index (κ2) is 5.10. The summed E-state index contributed by atoms with van der Waals surface area (Å²) in [4.78, 5) is 18.0. The number of benzene rings is 1. The van der Waals surface area contributed by atoms with E-state index < -0.39 is 0 Å². The van der Waals surface area contributed by atoms with Crippen LogP contribution in [0.2, 0.25) is 0 Å². The molecule has 0 spiro atoms. The Balaban J connectivity index is 1.96. The van der Waals surface area contributed by atoms with Gasteiger partial charge in [0, 0.05) is 17.1 Å². The molecule has 2 heterocycles. The van der Waals surface area contributed by atoms with Crippen molar-refractivity contribution in [2.75, 3.05) is 4.90 Å². The van der Waals surface area contributed by atoms with Crippen LogP contribution in [0.1, 0.15) is 5.56 Å². The highest BCUT2D eigenvalue weighted by Gasteiger charge is 2.35. The number of anilines is 1. The predicted molar refractivity (Wildman–Crippen MR) is 81.0 cm³/mol. The molecule has 0 radical (unpaired) electrons. The SMILES string of the molecule is N=C1S/C(=C\c2ccccc2O)C(=O)N1c1nccs1. The number of thioether (sulfide) groups is 1. The van der Waals surface area contributed by atoms with Crippen molar-refractivity contribution in [2.24, 2.45) is 0 Å². The predicted octanol–water partition coefficient (Wildman–Crippen LogP) is 2.90. The molecule has 0 atom stereocenters. The smallest absolute Gasteiger partial charge is 0.273 e. The van der Waals surface area contributed by atoms with Crippen molar-refractivity contribution in [1.82, 2.24) is 4.98 Å². The van der Waals surface area contributed by atoms with Crippen LogP contribution in [-0.2, 0) is 4.79 Å². The molecular weight excluding hydrogens is 294 g/mol. The van der Waals surface area contributed by atoms with Crippen LogP contribution in [0, 0.1) is 5.41 Å². The molecule has 1 aromatic heterocycles. The molecule has 1 aliphatic heterocycles. The van der Waals surface area contributed by atoms with Gasteiger partial charge in [-0.3, -0.25) is 10.2 Å². The summed E-state index contributed by atoms with van der Waals surface area (Å²) in [6.45, 7) is 0. The Morgan fingerprint density at radius 1 is 1.35 bits per heavy atom. The summed E-state index contributed by atoms with van der Waals surface area (Å²) in [5.74, 6) is -0.189. The number of phenols is 1. The largest absolute Gasteiger partial charge is 0.507 e. The Kier molecular flexibility index (Phi) is 3.29. The van der Waals surface area contributed by atoms with Gasteiger partial charge in [0.25, 0.3) is 5.91 Å². The molecule has 1 amide bonds. The molecular formula is C13H9N3O2S2. The number of para-hydroxylation sites is 1. The molecule has 3 rings (SSSR count). The van der Waals surface area contributed by atoms with Crippen LogP contribution in [0.3, 0.4) is 0 Å². The molecule has 1 aliphatic rings. The minimum absolute atomic E-state index is 0.104. The van der Waals surface area contributed by atoms with Crippen LogP contribution >= 0.6 is 23.1 Å². The van der Waals surface area contributed by atoms with E-state index in [0.29, 0.717) is 15.6 Å². The minimum Gasteiger partial charge on any atom is -0.507 e. The van der Waals surface area contributed by atoms with Gasteiger partial charge in [-0.15, -0.1) is 11.3 Å². The Hall–Kier alpha value is -2.12.